The molecule has 1 heterocycles. The summed E-state index contributed by atoms with van der Waals surface area (Å²) in [5.41, 5.74) is 6.28. The van der Waals surface area contributed by atoms with E-state index < -0.39 is 6.04 Å². The van der Waals surface area contributed by atoms with E-state index in [2.05, 4.69) is 10.1 Å². The van der Waals surface area contributed by atoms with Crippen molar-refractivity contribution in [1.29, 1.82) is 0 Å². The molecule has 0 aliphatic rings. The van der Waals surface area contributed by atoms with Crippen LogP contribution in [0.1, 0.15) is 11.9 Å². The molecule has 19 heavy (non-hydrogen) atoms. The summed E-state index contributed by atoms with van der Waals surface area (Å²) in [6.45, 7) is -0.261. The maximum absolute atomic E-state index is 8.94. The molecule has 7 heteroatoms. The zero-order valence-corrected chi connectivity index (χ0v) is 10.7. The fourth-order valence-electron chi connectivity index (χ4n) is 1.52. The van der Waals surface area contributed by atoms with Crippen molar-refractivity contribution in [2.24, 2.45) is 5.73 Å². The van der Waals surface area contributed by atoms with Crippen molar-refractivity contribution in [2.45, 2.75) is 6.04 Å². The maximum atomic E-state index is 8.94. The van der Waals surface area contributed by atoms with Gasteiger partial charge in [0.1, 0.15) is 17.5 Å². The van der Waals surface area contributed by atoms with Crippen LogP contribution in [0.4, 0.5) is 0 Å². The van der Waals surface area contributed by atoms with Crippen molar-refractivity contribution in [1.82, 2.24) is 10.1 Å². The van der Waals surface area contributed by atoms with Crippen molar-refractivity contribution in [3.05, 3.63) is 24.1 Å². The smallest absolute Gasteiger partial charge is 0.246 e. The molecule has 0 radical (unpaired) electrons. The molecule has 0 aliphatic carbocycles. The van der Waals surface area contributed by atoms with E-state index in [0.717, 1.165) is 0 Å². The minimum atomic E-state index is -0.686. The minimum absolute atomic E-state index is 0.180. The molecule has 0 saturated heterocycles. The monoisotopic (exact) mass is 265 g/mol. The van der Waals surface area contributed by atoms with Gasteiger partial charge in [-0.1, -0.05) is 5.16 Å². The second kappa shape index (κ2) is 5.68. The molecule has 1 unspecified atom stereocenters. The Morgan fingerprint density at radius 2 is 1.89 bits per heavy atom. The summed E-state index contributed by atoms with van der Waals surface area (Å²) >= 11 is 0. The van der Waals surface area contributed by atoms with Crippen LogP contribution in [0.5, 0.6) is 11.5 Å². The first kappa shape index (κ1) is 13.3. The van der Waals surface area contributed by atoms with Crippen molar-refractivity contribution < 1.29 is 19.1 Å². The summed E-state index contributed by atoms with van der Waals surface area (Å²) in [7, 11) is 3.11. The van der Waals surface area contributed by atoms with E-state index in [1.165, 1.54) is 0 Å². The molecular weight excluding hydrogens is 250 g/mol. The quantitative estimate of drug-likeness (QED) is 0.821. The second-order valence-electron chi connectivity index (χ2n) is 3.85. The molecule has 1 aromatic heterocycles. The second-order valence-corrected chi connectivity index (χ2v) is 3.85. The van der Waals surface area contributed by atoms with Gasteiger partial charge in [-0.05, 0) is 12.1 Å². The number of aliphatic hydroxyl groups is 1. The van der Waals surface area contributed by atoms with Crippen LogP contribution in [-0.2, 0) is 0 Å². The third-order valence-electron chi connectivity index (χ3n) is 2.57. The average molecular weight is 265 g/mol. The lowest BCUT2D eigenvalue weighted by Crippen LogP contribution is -2.14. The summed E-state index contributed by atoms with van der Waals surface area (Å²) in [5.74, 6) is 1.77. The first-order chi connectivity index (χ1) is 9.17. The van der Waals surface area contributed by atoms with Crippen LogP contribution in [-0.4, -0.2) is 36.1 Å². The van der Waals surface area contributed by atoms with Gasteiger partial charge in [0.15, 0.2) is 0 Å². The van der Waals surface area contributed by atoms with Crippen molar-refractivity contribution in [2.75, 3.05) is 20.8 Å². The number of aromatic nitrogens is 2. The zero-order chi connectivity index (χ0) is 13.8. The summed E-state index contributed by atoms with van der Waals surface area (Å²) < 4.78 is 15.3. The molecule has 0 aliphatic heterocycles. The number of hydrogen-bond donors (Lipinski definition) is 2. The third-order valence-corrected chi connectivity index (χ3v) is 2.57. The Kier molecular flexibility index (Phi) is 3.98. The highest BCUT2D eigenvalue weighted by atomic mass is 16.5. The van der Waals surface area contributed by atoms with E-state index in [0.29, 0.717) is 22.9 Å². The number of nitrogens with zero attached hydrogens (tertiary/aromatic N) is 2. The van der Waals surface area contributed by atoms with Crippen LogP contribution >= 0.6 is 0 Å². The number of aliphatic hydroxyl groups excluding tert-OH is 1. The van der Waals surface area contributed by atoms with Gasteiger partial charge in [-0.3, -0.25) is 0 Å². The van der Waals surface area contributed by atoms with Gasteiger partial charge < -0.3 is 24.8 Å². The van der Waals surface area contributed by atoms with Crippen LogP contribution in [0.3, 0.4) is 0 Å². The van der Waals surface area contributed by atoms with Gasteiger partial charge in [-0.15, -0.1) is 0 Å². The Balaban J connectivity index is 2.37. The number of hydrogen-bond acceptors (Lipinski definition) is 7. The highest BCUT2D eigenvalue weighted by Crippen LogP contribution is 2.28. The SMILES string of the molecule is COc1cc(OC)cc(-c2noc(C(N)CO)n2)c1. The molecule has 1 aromatic carbocycles. The van der Waals surface area contributed by atoms with Gasteiger partial charge >= 0.3 is 0 Å². The normalized spacial score (nSPS) is 12.2. The maximum Gasteiger partial charge on any atom is 0.246 e. The highest BCUT2D eigenvalue weighted by molar-refractivity contribution is 5.60. The van der Waals surface area contributed by atoms with Crippen LogP contribution < -0.4 is 15.2 Å². The van der Waals surface area contributed by atoms with Gasteiger partial charge in [-0.2, -0.15) is 4.98 Å². The number of benzene rings is 1. The number of ether oxygens (including phenoxy) is 2. The lowest BCUT2D eigenvalue weighted by Gasteiger charge is -2.05. The van der Waals surface area contributed by atoms with Gasteiger partial charge in [0.05, 0.1) is 20.8 Å². The number of methoxy groups -OCH3 is 2. The number of rotatable bonds is 5. The van der Waals surface area contributed by atoms with E-state index in [-0.39, 0.29) is 12.5 Å². The van der Waals surface area contributed by atoms with Gasteiger partial charge in [0, 0.05) is 11.6 Å². The topological polar surface area (TPSA) is 104 Å². The summed E-state index contributed by atoms with van der Waals surface area (Å²) in [6.07, 6.45) is 0. The molecule has 2 aromatic rings. The zero-order valence-electron chi connectivity index (χ0n) is 10.7. The minimum Gasteiger partial charge on any atom is -0.497 e. The first-order valence-electron chi connectivity index (χ1n) is 5.61. The standard InChI is InChI=1S/C12H15N3O4/c1-17-8-3-7(4-9(5-8)18-2)11-14-12(19-15-11)10(13)6-16/h3-5,10,16H,6,13H2,1-2H3. The summed E-state index contributed by atoms with van der Waals surface area (Å²) in [4.78, 5) is 4.13. The van der Waals surface area contributed by atoms with Crippen molar-refractivity contribution in [3.63, 3.8) is 0 Å². The molecule has 0 fully saturated rings. The molecule has 2 rings (SSSR count). The van der Waals surface area contributed by atoms with Gasteiger partial charge in [0.2, 0.25) is 11.7 Å². The fourth-order valence-corrected chi connectivity index (χ4v) is 1.52. The van der Waals surface area contributed by atoms with Gasteiger partial charge in [-0.25, -0.2) is 0 Å². The summed E-state index contributed by atoms with van der Waals surface area (Å²) in [5, 5.41) is 12.8. The Hall–Kier alpha value is -2.12. The van der Waals surface area contributed by atoms with E-state index in [1.54, 1.807) is 32.4 Å². The largest absolute Gasteiger partial charge is 0.497 e. The fraction of sp³-hybridized carbons (Fsp3) is 0.333. The first-order valence-corrected chi connectivity index (χ1v) is 5.61. The Morgan fingerprint density at radius 3 is 2.42 bits per heavy atom. The molecule has 7 nitrogen and oxygen atoms in total. The predicted octanol–water partition coefficient (Wildman–Crippen LogP) is 0.746. The van der Waals surface area contributed by atoms with E-state index in [9.17, 15) is 0 Å². The van der Waals surface area contributed by atoms with E-state index >= 15 is 0 Å². The van der Waals surface area contributed by atoms with E-state index in [1.807, 2.05) is 0 Å². The van der Waals surface area contributed by atoms with Crippen LogP contribution in [0, 0.1) is 0 Å². The van der Waals surface area contributed by atoms with Crippen molar-refractivity contribution >= 4 is 0 Å². The third kappa shape index (κ3) is 2.83. The lowest BCUT2D eigenvalue weighted by molar-refractivity contribution is 0.237. The van der Waals surface area contributed by atoms with Crippen LogP contribution in [0.25, 0.3) is 11.4 Å². The predicted molar refractivity (Wildman–Crippen MR) is 66.9 cm³/mol. The number of nitrogens with two attached hydrogens (primary N) is 1. The van der Waals surface area contributed by atoms with Gasteiger partial charge in [0.25, 0.3) is 0 Å². The molecule has 0 bridgehead atoms. The Bertz CT molecular complexity index is 533. The highest BCUT2D eigenvalue weighted by Gasteiger charge is 2.15. The molecular formula is C12H15N3O4. The molecule has 0 spiro atoms. The van der Waals surface area contributed by atoms with Crippen molar-refractivity contribution in [3.8, 4) is 22.9 Å². The lowest BCUT2D eigenvalue weighted by atomic mass is 10.2. The average Bonchev–Trinajstić information content (AvgIpc) is 2.95. The molecule has 3 N–H and O–H groups in total. The molecule has 0 amide bonds. The summed E-state index contributed by atoms with van der Waals surface area (Å²) in [6, 6.07) is 4.56. The van der Waals surface area contributed by atoms with Crippen LogP contribution in [0.2, 0.25) is 0 Å². The van der Waals surface area contributed by atoms with Crippen LogP contribution in [0.15, 0.2) is 22.7 Å². The molecule has 0 saturated carbocycles. The Labute approximate surface area is 109 Å². The molecule has 102 valence electrons. The molecule has 1 atom stereocenters. The van der Waals surface area contributed by atoms with E-state index in [4.69, 9.17) is 24.8 Å². The Morgan fingerprint density at radius 1 is 1.26 bits per heavy atom.